The maximum Gasteiger partial charge on any atom is 0.230 e. The first-order valence-corrected chi connectivity index (χ1v) is 5.72. The average Bonchev–Trinajstić information content (AvgIpc) is 2.21. The van der Waals surface area contributed by atoms with Gasteiger partial charge in [-0.3, -0.25) is 4.79 Å². The number of amides is 1. The fourth-order valence-electron chi connectivity index (χ4n) is 1.16. The minimum absolute atomic E-state index is 0.131. The van der Waals surface area contributed by atoms with E-state index in [1.165, 1.54) is 0 Å². The molecule has 1 rings (SSSR count). The summed E-state index contributed by atoms with van der Waals surface area (Å²) in [5.41, 5.74) is 0.904. The van der Waals surface area contributed by atoms with E-state index >= 15 is 0 Å². The molecule has 2 N–H and O–H groups in total. The first-order valence-electron chi connectivity index (χ1n) is 4.94. The molecular weight excluding hydrogens is 244 g/mol. The summed E-state index contributed by atoms with van der Waals surface area (Å²) in [5, 5.41) is 6.46. The van der Waals surface area contributed by atoms with E-state index < -0.39 is 0 Å². The minimum Gasteiger partial charge on any atom is -0.363 e. The van der Waals surface area contributed by atoms with Crippen molar-refractivity contribution in [2.75, 3.05) is 6.54 Å². The molecule has 5 heteroatoms. The molecule has 0 aliphatic heterocycles. The number of hydrogen-bond donors (Lipinski definition) is 2. The van der Waals surface area contributed by atoms with Crippen LogP contribution in [0.1, 0.15) is 12.5 Å². The van der Waals surface area contributed by atoms with E-state index in [4.69, 9.17) is 23.8 Å². The van der Waals surface area contributed by atoms with Gasteiger partial charge in [0, 0.05) is 11.6 Å². The third-order valence-electron chi connectivity index (χ3n) is 1.87. The molecule has 0 saturated heterocycles. The predicted octanol–water partition coefficient (Wildman–Crippen LogP) is 1.89. The fourth-order valence-corrected chi connectivity index (χ4v) is 1.55. The second kappa shape index (κ2) is 6.45. The molecule has 16 heavy (non-hydrogen) atoms. The quantitative estimate of drug-likeness (QED) is 0.812. The third kappa shape index (κ3) is 4.59. The Morgan fingerprint density at radius 3 is 2.56 bits per heavy atom. The Hall–Kier alpha value is -1.13. The molecule has 0 radical (unpaired) electrons. The molecule has 1 aromatic carbocycles. The van der Waals surface area contributed by atoms with Crippen LogP contribution in [0.2, 0.25) is 5.02 Å². The second-order valence-electron chi connectivity index (χ2n) is 3.21. The number of benzene rings is 1. The predicted molar refractivity (Wildman–Crippen MR) is 69.6 cm³/mol. The monoisotopic (exact) mass is 256 g/mol. The molecule has 0 fully saturated rings. The topological polar surface area (TPSA) is 41.1 Å². The first-order chi connectivity index (χ1) is 7.61. The summed E-state index contributed by atoms with van der Waals surface area (Å²) in [6, 6.07) is 7.15. The van der Waals surface area contributed by atoms with Gasteiger partial charge in [-0.05, 0) is 36.8 Å². The van der Waals surface area contributed by atoms with Crippen LogP contribution < -0.4 is 10.6 Å². The SMILES string of the molecule is CCNC(=S)NC(=O)Cc1ccc(Cl)cc1. The number of hydrogen-bond acceptors (Lipinski definition) is 2. The molecular formula is C11H13ClN2OS. The molecule has 1 aromatic rings. The molecule has 0 aliphatic rings. The lowest BCUT2D eigenvalue weighted by molar-refractivity contribution is -0.119. The maximum absolute atomic E-state index is 11.5. The second-order valence-corrected chi connectivity index (χ2v) is 4.06. The smallest absolute Gasteiger partial charge is 0.230 e. The highest BCUT2D eigenvalue weighted by Gasteiger charge is 2.04. The zero-order valence-electron chi connectivity index (χ0n) is 8.92. The first kappa shape index (κ1) is 12.9. The van der Waals surface area contributed by atoms with Crippen LogP contribution in [-0.2, 0) is 11.2 Å². The number of rotatable bonds is 3. The van der Waals surface area contributed by atoms with Crippen molar-refractivity contribution in [2.45, 2.75) is 13.3 Å². The summed E-state index contributed by atoms with van der Waals surface area (Å²) in [6.07, 6.45) is 0.294. The van der Waals surface area contributed by atoms with Crippen molar-refractivity contribution < 1.29 is 4.79 Å². The Morgan fingerprint density at radius 1 is 1.38 bits per heavy atom. The minimum atomic E-state index is -0.131. The number of thiocarbonyl (C=S) groups is 1. The molecule has 0 saturated carbocycles. The van der Waals surface area contributed by atoms with Gasteiger partial charge < -0.3 is 10.6 Å². The van der Waals surface area contributed by atoms with Crippen molar-refractivity contribution in [3.63, 3.8) is 0 Å². The van der Waals surface area contributed by atoms with Crippen molar-refractivity contribution >= 4 is 34.8 Å². The van der Waals surface area contributed by atoms with Crippen LogP contribution >= 0.6 is 23.8 Å². The Bertz CT molecular complexity index is 378. The molecule has 0 spiro atoms. The lowest BCUT2D eigenvalue weighted by atomic mass is 10.1. The van der Waals surface area contributed by atoms with E-state index in [9.17, 15) is 4.79 Å². The van der Waals surface area contributed by atoms with Gasteiger partial charge in [0.15, 0.2) is 5.11 Å². The Balaban J connectivity index is 2.45. The number of carbonyl (C=O) groups is 1. The average molecular weight is 257 g/mol. The van der Waals surface area contributed by atoms with Gasteiger partial charge in [0.25, 0.3) is 0 Å². The van der Waals surface area contributed by atoms with Crippen LogP contribution in [0, 0.1) is 0 Å². The van der Waals surface area contributed by atoms with Gasteiger partial charge in [0.1, 0.15) is 0 Å². The highest BCUT2D eigenvalue weighted by molar-refractivity contribution is 7.80. The van der Waals surface area contributed by atoms with Crippen LogP contribution in [0.4, 0.5) is 0 Å². The van der Waals surface area contributed by atoms with Crippen LogP contribution in [0.25, 0.3) is 0 Å². The lowest BCUT2D eigenvalue weighted by Gasteiger charge is -2.07. The molecule has 3 nitrogen and oxygen atoms in total. The maximum atomic E-state index is 11.5. The Labute approximate surface area is 105 Å². The summed E-state index contributed by atoms with van der Waals surface area (Å²) < 4.78 is 0. The van der Waals surface area contributed by atoms with Crippen molar-refractivity contribution in [1.29, 1.82) is 0 Å². The van der Waals surface area contributed by atoms with Gasteiger partial charge >= 0.3 is 0 Å². The van der Waals surface area contributed by atoms with E-state index in [0.29, 0.717) is 23.1 Å². The molecule has 0 unspecified atom stereocenters. The van der Waals surface area contributed by atoms with E-state index in [-0.39, 0.29) is 5.91 Å². The normalized spacial score (nSPS) is 9.62. The van der Waals surface area contributed by atoms with Gasteiger partial charge in [-0.25, -0.2) is 0 Å². The number of halogens is 1. The standard InChI is InChI=1S/C11H13ClN2OS/c1-2-13-11(16)14-10(15)7-8-3-5-9(12)6-4-8/h3-6H,2,7H2,1H3,(H2,13,14,15,16). The summed E-state index contributed by atoms with van der Waals surface area (Å²) >= 11 is 10.6. The van der Waals surface area contributed by atoms with Gasteiger partial charge in [-0.15, -0.1) is 0 Å². The van der Waals surface area contributed by atoms with Crippen LogP contribution in [0.5, 0.6) is 0 Å². The molecule has 0 heterocycles. The van der Waals surface area contributed by atoms with Crippen molar-refractivity contribution in [2.24, 2.45) is 0 Å². The summed E-state index contributed by atoms with van der Waals surface area (Å²) in [4.78, 5) is 11.5. The van der Waals surface area contributed by atoms with Gasteiger partial charge in [-0.1, -0.05) is 23.7 Å². The van der Waals surface area contributed by atoms with Gasteiger partial charge in [-0.2, -0.15) is 0 Å². The summed E-state index contributed by atoms with van der Waals surface area (Å²) in [5.74, 6) is -0.131. The number of nitrogens with one attached hydrogen (secondary N) is 2. The number of carbonyl (C=O) groups excluding carboxylic acids is 1. The highest BCUT2D eigenvalue weighted by Crippen LogP contribution is 2.09. The van der Waals surface area contributed by atoms with Crippen LogP contribution in [0.3, 0.4) is 0 Å². The zero-order chi connectivity index (χ0) is 12.0. The van der Waals surface area contributed by atoms with E-state index in [1.54, 1.807) is 12.1 Å². The fraction of sp³-hybridized carbons (Fsp3) is 0.273. The van der Waals surface area contributed by atoms with E-state index in [1.807, 2.05) is 19.1 Å². The molecule has 0 bridgehead atoms. The Morgan fingerprint density at radius 2 is 2.00 bits per heavy atom. The largest absolute Gasteiger partial charge is 0.363 e. The van der Waals surface area contributed by atoms with Gasteiger partial charge in [0.05, 0.1) is 6.42 Å². The van der Waals surface area contributed by atoms with E-state index in [2.05, 4.69) is 10.6 Å². The van der Waals surface area contributed by atoms with Crippen LogP contribution in [-0.4, -0.2) is 17.6 Å². The zero-order valence-corrected chi connectivity index (χ0v) is 10.5. The molecule has 0 atom stereocenters. The van der Waals surface area contributed by atoms with Crippen molar-refractivity contribution in [3.8, 4) is 0 Å². The van der Waals surface area contributed by atoms with E-state index in [0.717, 1.165) is 5.56 Å². The molecule has 0 aliphatic carbocycles. The van der Waals surface area contributed by atoms with Crippen molar-refractivity contribution in [1.82, 2.24) is 10.6 Å². The molecule has 86 valence electrons. The summed E-state index contributed by atoms with van der Waals surface area (Å²) in [6.45, 7) is 2.61. The Kier molecular flexibility index (Phi) is 5.22. The summed E-state index contributed by atoms with van der Waals surface area (Å²) in [7, 11) is 0. The van der Waals surface area contributed by atoms with Crippen molar-refractivity contribution in [3.05, 3.63) is 34.9 Å². The molecule has 0 aromatic heterocycles. The molecule has 1 amide bonds. The van der Waals surface area contributed by atoms with Crippen LogP contribution in [0.15, 0.2) is 24.3 Å². The highest BCUT2D eigenvalue weighted by atomic mass is 35.5. The van der Waals surface area contributed by atoms with Gasteiger partial charge in [0.2, 0.25) is 5.91 Å². The third-order valence-corrected chi connectivity index (χ3v) is 2.37. The lowest BCUT2D eigenvalue weighted by Crippen LogP contribution is -2.39.